The van der Waals surface area contributed by atoms with E-state index in [9.17, 15) is 34.5 Å². The molecule has 0 aromatic heterocycles. The number of benzene rings is 3. The summed E-state index contributed by atoms with van der Waals surface area (Å²) in [6, 6.07) is 24.5. The van der Waals surface area contributed by atoms with Crippen LogP contribution in [0, 0.1) is 0 Å². The van der Waals surface area contributed by atoms with Crippen LogP contribution in [0.15, 0.2) is 108 Å². The van der Waals surface area contributed by atoms with Gasteiger partial charge in [-0.15, -0.1) is 0 Å². The molecule has 0 bridgehead atoms. The lowest BCUT2D eigenvalue weighted by Crippen LogP contribution is -2.74. The van der Waals surface area contributed by atoms with Crippen LogP contribution >= 0.6 is 0 Å². The van der Waals surface area contributed by atoms with Crippen LogP contribution in [-0.2, 0) is 72.0 Å². The number of rotatable bonds is 37. The zero-order valence-corrected chi connectivity index (χ0v) is 47.1. The molecule has 6 unspecified atom stereocenters. The second-order valence-corrected chi connectivity index (χ2v) is 19.6. The number of amides is 4. The van der Waals surface area contributed by atoms with E-state index in [1.165, 1.54) is 0 Å². The number of alkyl carbamates (subject to hydrolysis) is 3. The Labute approximate surface area is 479 Å². The molecule has 3 aromatic carbocycles. The van der Waals surface area contributed by atoms with Gasteiger partial charge in [-0.2, -0.15) is 0 Å². The maximum atomic E-state index is 15.0. The molecule has 452 valence electrons. The van der Waals surface area contributed by atoms with E-state index in [0.717, 1.165) is 24.0 Å². The molecule has 1 aliphatic heterocycles. The molecule has 0 radical (unpaired) electrons. The molecule has 0 saturated heterocycles. The monoisotopic (exact) mass is 1150 g/mol. The van der Waals surface area contributed by atoms with Gasteiger partial charge in [0.25, 0.3) is 5.95 Å². The van der Waals surface area contributed by atoms with Crippen LogP contribution in [0.2, 0.25) is 0 Å². The molecule has 5 rings (SSSR count). The van der Waals surface area contributed by atoms with Crippen molar-refractivity contribution in [3.05, 3.63) is 130 Å². The second-order valence-electron chi connectivity index (χ2n) is 19.6. The molecule has 2 aliphatic rings. The van der Waals surface area contributed by atoms with E-state index in [1.807, 2.05) is 87.5 Å². The highest BCUT2D eigenvalue weighted by Gasteiger charge is 2.56. The average Bonchev–Trinajstić information content (AvgIpc) is 3.69. The van der Waals surface area contributed by atoms with Crippen LogP contribution in [0.4, 0.5) is 14.4 Å². The molecule has 4 amide bonds. The third kappa shape index (κ3) is 23.6. The Morgan fingerprint density at radius 1 is 0.744 bits per heavy atom. The van der Waals surface area contributed by atoms with E-state index in [-0.39, 0.29) is 71.7 Å². The first-order valence-corrected chi connectivity index (χ1v) is 28.3. The summed E-state index contributed by atoms with van der Waals surface area (Å²) in [7, 11) is 0. The summed E-state index contributed by atoms with van der Waals surface area (Å²) < 4.78 is 61.2. The standard InChI is InChI=1S/C58H83N7O17/c1-4-7-30-73-39-48(80-46(35-66)44(67)34-62-65-59)82-53-49(63-55(69)45(74-31-8-5-2)28-29-60-56(70)76-36-40-20-13-10-14-21-40)52(75-32-9-6-3)50(64-58(72)78-38-42-24-17-12-18-25-42)54(51(53)68)81-47-27-19-26-43(79-47)33-61-57(71)77-37-41-22-15-11-16-23-41/h10-18,20-25,27,43-46,48-54,66-68H,4-9,19,26,28-39H2,1-3H3,(H,60,70)(H,61,71)(H,63,69)(H,64,72)/t43?,44-,45-,46?,48+,49?,50-,51?,52?,53-,54?/m0/s1. The molecule has 1 fully saturated rings. The molecule has 1 aliphatic carbocycles. The van der Waals surface area contributed by atoms with Gasteiger partial charge in [-0.1, -0.05) is 136 Å². The predicted molar refractivity (Wildman–Crippen MR) is 298 cm³/mol. The lowest BCUT2D eigenvalue weighted by atomic mass is 9.80. The van der Waals surface area contributed by atoms with Crippen molar-refractivity contribution in [2.75, 3.05) is 52.7 Å². The summed E-state index contributed by atoms with van der Waals surface area (Å²) >= 11 is 0. The number of nitrogens with zero attached hydrogens (tertiary/aromatic N) is 3. The van der Waals surface area contributed by atoms with Crippen molar-refractivity contribution in [2.45, 2.75) is 166 Å². The summed E-state index contributed by atoms with van der Waals surface area (Å²) in [5.74, 6) is -0.782. The van der Waals surface area contributed by atoms with Gasteiger partial charge in [0.05, 0.1) is 38.4 Å². The van der Waals surface area contributed by atoms with Crippen LogP contribution in [0.25, 0.3) is 10.4 Å². The first kappa shape index (κ1) is 66.1. The molecule has 82 heavy (non-hydrogen) atoms. The molecule has 0 spiro atoms. The lowest BCUT2D eigenvalue weighted by molar-refractivity contribution is -0.276. The molecule has 1 saturated carbocycles. The van der Waals surface area contributed by atoms with E-state index in [1.54, 1.807) is 30.3 Å². The van der Waals surface area contributed by atoms with Gasteiger partial charge in [0, 0.05) is 37.7 Å². The number of ether oxygens (including phenoxy) is 10. The van der Waals surface area contributed by atoms with Gasteiger partial charge in [0.2, 0.25) is 5.91 Å². The normalized spacial score (nSPS) is 20.9. The first-order valence-electron chi connectivity index (χ1n) is 28.3. The molecule has 24 nitrogen and oxygen atoms in total. The number of hydrogen-bond donors (Lipinski definition) is 7. The minimum atomic E-state index is -1.84. The van der Waals surface area contributed by atoms with Crippen molar-refractivity contribution in [2.24, 2.45) is 5.11 Å². The minimum Gasteiger partial charge on any atom is -0.460 e. The molecule has 24 heteroatoms. The van der Waals surface area contributed by atoms with Gasteiger partial charge in [0.1, 0.15) is 62.5 Å². The molecule has 11 atom stereocenters. The Bertz CT molecular complexity index is 2370. The Kier molecular flexibility index (Phi) is 30.7. The molecule has 7 N–H and O–H groups in total. The van der Waals surface area contributed by atoms with Crippen molar-refractivity contribution >= 4 is 24.2 Å². The Hall–Kier alpha value is -6.73. The fourth-order valence-electron chi connectivity index (χ4n) is 8.70. The molecule has 3 aromatic rings. The number of nitrogens with one attached hydrogen (secondary N) is 4. The average molecular weight is 1150 g/mol. The zero-order valence-electron chi connectivity index (χ0n) is 47.1. The number of hydrogen-bond acceptors (Lipinski definition) is 18. The number of unbranched alkanes of at least 4 members (excludes halogenated alkanes) is 3. The van der Waals surface area contributed by atoms with Gasteiger partial charge < -0.3 is 84.0 Å². The van der Waals surface area contributed by atoms with Crippen LogP contribution in [0.3, 0.4) is 0 Å². The van der Waals surface area contributed by atoms with Crippen LogP contribution in [-0.4, -0.2) is 159 Å². The van der Waals surface area contributed by atoms with Crippen molar-refractivity contribution in [1.82, 2.24) is 21.3 Å². The van der Waals surface area contributed by atoms with Gasteiger partial charge in [-0.25, -0.2) is 14.4 Å². The third-order valence-electron chi connectivity index (χ3n) is 13.2. The van der Waals surface area contributed by atoms with Crippen molar-refractivity contribution in [3.8, 4) is 0 Å². The Morgan fingerprint density at radius 3 is 1.91 bits per heavy atom. The summed E-state index contributed by atoms with van der Waals surface area (Å²) in [4.78, 5) is 57.5. The zero-order chi connectivity index (χ0) is 58.7. The summed E-state index contributed by atoms with van der Waals surface area (Å²) in [5, 5.41) is 49.2. The quantitative estimate of drug-likeness (QED) is 0.00785. The first-order chi connectivity index (χ1) is 40.0. The van der Waals surface area contributed by atoms with Crippen molar-refractivity contribution in [3.63, 3.8) is 0 Å². The number of carbonyl (C=O) groups is 4. The van der Waals surface area contributed by atoms with Gasteiger partial charge in [0.15, 0.2) is 12.4 Å². The van der Waals surface area contributed by atoms with Crippen LogP contribution in [0.1, 0.15) is 95.2 Å². The smallest absolute Gasteiger partial charge is 0.407 e. The predicted octanol–water partition coefficient (Wildman–Crippen LogP) is 6.74. The topological polar surface area (TPSA) is 318 Å². The summed E-state index contributed by atoms with van der Waals surface area (Å²) in [6.45, 7) is 4.63. The van der Waals surface area contributed by atoms with Crippen LogP contribution < -0.4 is 21.3 Å². The number of carbonyl (C=O) groups excluding carboxylic acids is 4. The third-order valence-corrected chi connectivity index (χ3v) is 13.2. The Morgan fingerprint density at radius 2 is 1.32 bits per heavy atom. The van der Waals surface area contributed by atoms with E-state index in [4.69, 9.17) is 52.9 Å². The van der Waals surface area contributed by atoms with E-state index in [2.05, 4.69) is 31.3 Å². The van der Waals surface area contributed by atoms with Gasteiger partial charge in [-0.05, 0) is 60.4 Å². The number of allylic oxidation sites excluding steroid dienone is 1. The lowest BCUT2D eigenvalue weighted by Gasteiger charge is -2.50. The van der Waals surface area contributed by atoms with E-state index in [0.29, 0.717) is 44.1 Å². The van der Waals surface area contributed by atoms with Gasteiger partial charge >= 0.3 is 18.3 Å². The highest BCUT2D eigenvalue weighted by molar-refractivity contribution is 5.81. The molecule has 1 heterocycles. The highest BCUT2D eigenvalue weighted by Crippen LogP contribution is 2.33. The maximum Gasteiger partial charge on any atom is 0.407 e. The largest absolute Gasteiger partial charge is 0.460 e. The minimum absolute atomic E-state index is 0.0120. The van der Waals surface area contributed by atoms with Crippen molar-refractivity contribution < 1.29 is 81.9 Å². The van der Waals surface area contributed by atoms with E-state index >= 15 is 0 Å². The maximum absolute atomic E-state index is 15.0. The Balaban J connectivity index is 1.52. The summed E-state index contributed by atoms with van der Waals surface area (Å²) in [5.41, 5.74) is 11.3. The van der Waals surface area contributed by atoms with Gasteiger partial charge in [-0.3, -0.25) is 4.79 Å². The highest BCUT2D eigenvalue weighted by atomic mass is 16.7. The van der Waals surface area contributed by atoms with Crippen LogP contribution in [0.5, 0.6) is 0 Å². The molecular formula is C58H83N7O17. The van der Waals surface area contributed by atoms with E-state index < -0.39 is 105 Å². The second kappa shape index (κ2) is 38.1. The molecular weight excluding hydrogens is 1070 g/mol. The summed E-state index contributed by atoms with van der Waals surface area (Å²) in [6.07, 6.45) is -8.58. The fraction of sp³-hybridized carbons (Fsp3) is 0.586. The fourth-order valence-corrected chi connectivity index (χ4v) is 8.70. The number of aliphatic hydroxyl groups is 3. The number of aliphatic hydroxyl groups excluding tert-OH is 3. The number of azide groups is 1. The SMILES string of the molecule is CCCCOC[C@H](OC(CO)[C@@H](O)CN=[N+]=[N-])O[C@@H]1C(O)C(OC2=CCCC(CNC(=O)OCc3ccccc3)O2)[C@@H](NC(=O)OCc2ccccc2)C(OCCCC)C1NC(=O)[C@H](CCNC(=O)OCc1ccccc1)OCCCC. The van der Waals surface area contributed by atoms with Crippen molar-refractivity contribution in [1.29, 1.82) is 0 Å².